The molecule has 0 saturated carbocycles. The van der Waals surface area contributed by atoms with Gasteiger partial charge in [-0.3, -0.25) is 4.68 Å². The highest BCUT2D eigenvalue weighted by Crippen LogP contribution is 2.25. The van der Waals surface area contributed by atoms with Gasteiger partial charge in [0.05, 0.1) is 5.69 Å². The maximum absolute atomic E-state index is 13.3. The first kappa shape index (κ1) is 14.2. The molecule has 2 aromatic rings. The summed E-state index contributed by atoms with van der Waals surface area (Å²) in [5.74, 6) is -0.212. The van der Waals surface area contributed by atoms with Gasteiger partial charge < -0.3 is 5.32 Å². The summed E-state index contributed by atoms with van der Waals surface area (Å²) in [6.07, 6.45) is 2.71. The lowest BCUT2D eigenvalue weighted by Gasteiger charge is -2.16. The number of benzene rings is 1. The molecular formula is C14H17BrFN3. The van der Waals surface area contributed by atoms with E-state index in [1.807, 2.05) is 27.2 Å². The molecule has 1 unspecified atom stereocenters. The zero-order valence-corrected chi connectivity index (χ0v) is 12.8. The third kappa shape index (κ3) is 3.22. The van der Waals surface area contributed by atoms with Crippen LogP contribution in [0.1, 0.15) is 22.9 Å². The number of aryl methyl sites for hydroxylation is 2. The summed E-state index contributed by atoms with van der Waals surface area (Å²) in [4.78, 5) is 0. The second kappa shape index (κ2) is 5.84. The molecule has 1 aromatic heterocycles. The Kier molecular flexibility index (Phi) is 4.37. The predicted molar refractivity (Wildman–Crippen MR) is 77.5 cm³/mol. The van der Waals surface area contributed by atoms with Crippen molar-refractivity contribution in [2.24, 2.45) is 7.05 Å². The quantitative estimate of drug-likeness (QED) is 0.935. The smallest absolute Gasteiger partial charge is 0.123 e. The van der Waals surface area contributed by atoms with Crippen LogP contribution in [0, 0.1) is 12.7 Å². The van der Waals surface area contributed by atoms with Crippen LogP contribution in [0.2, 0.25) is 0 Å². The second-order valence-corrected chi connectivity index (χ2v) is 5.48. The van der Waals surface area contributed by atoms with E-state index in [0.717, 1.165) is 21.3 Å². The van der Waals surface area contributed by atoms with Crippen molar-refractivity contribution in [1.29, 1.82) is 0 Å². The summed E-state index contributed by atoms with van der Waals surface area (Å²) in [6.45, 7) is 1.99. The van der Waals surface area contributed by atoms with E-state index in [1.54, 1.807) is 16.8 Å². The molecule has 0 fully saturated rings. The van der Waals surface area contributed by atoms with Gasteiger partial charge in [-0.05, 0) is 44.2 Å². The molecule has 0 aliphatic heterocycles. The molecule has 0 bridgehead atoms. The summed E-state index contributed by atoms with van der Waals surface area (Å²) < 4.78 is 16.1. The number of nitrogens with one attached hydrogen (secondary N) is 1. The summed E-state index contributed by atoms with van der Waals surface area (Å²) in [6, 6.07) is 4.89. The van der Waals surface area contributed by atoms with Crippen LogP contribution in [0.3, 0.4) is 0 Å². The van der Waals surface area contributed by atoms with Crippen LogP contribution in [0.5, 0.6) is 0 Å². The highest BCUT2D eigenvalue weighted by molar-refractivity contribution is 9.10. The molecule has 1 N–H and O–H groups in total. The molecule has 1 aromatic carbocycles. The van der Waals surface area contributed by atoms with E-state index in [4.69, 9.17) is 0 Å². The fourth-order valence-electron chi connectivity index (χ4n) is 2.25. The minimum atomic E-state index is -0.212. The van der Waals surface area contributed by atoms with Crippen LogP contribution in [-0.2, 0) is 13.5 Å². The molecule has 102 valence electrons. The first-order valence-electron chi connectivity index (χ1n) is 6.12. The number of aromatic nitrogens is 2. The van der Waals surface area contributed by atoms with Gasteiger partial charge in [0.25, 0.3) is 0 Å². The first-order valence-corrected chi connectivity index (χ1v) is 6.92. The maximum atomic E-state index is 13.3. The van der Waals surface area contributed by atoms with E-state index < -0.39 is 0 Å². The predicted octanol–water partition coefficient (Wildman–Crippen LogP) is 3.13. The molecule has 0 aliphatic rings. The third-order valence-corrected chi connectivity index (χ3v) is 3.98. The number of rotatable bonds is 4. The van der Waals surface area contributed by atoms with Crippen molar-refractivity contribution < 1.29 is 4.39 Å². The molecule has 0 aliphatic carbocycles. The highest BCUT2D eigenvalue weighted by atomic mass is 79.9. The van der Waals surface area contributed by atoms with Gasteiger partial charge in [0.15, 0.2) is 0 Å². The van der Waals surface area contributed by atoms with Crippen LogP contribution in [0.15, 0.2) is 28.9 Å². The van der Waals surface area contributed by atoms with Crippen molar-refractivity contribution in [3.63, 3.8) is 0 Å². The second-order valence-electron chi connectivity index (χ2n) is 4.62. The van der Waals surface area contributed by atoms with Gasteiger partial charge in [0.2, 0.25) is 0 Å². The van der Waals surface area contributed by atoms with E-state index >= 15 is 0 Å². The Labute approximate surface area is 121 Å². The molecule has 19 heavy (non-hydrogen) atoms. The summed E-state index contributed by atoms with van der Waals surface area (Å²) >= 11 is 3.47. The Morgan fingerprint density at radius 3 is 2.79 bits per heavy atom. The topological polar surface area (TPSA) is 29.9 Å². The molecule has 0 spiro atoms. The molecule has 3 nitrogen and oxygen atoms in total. The number of likely N-dealkylation sites (N-methyl/N-ethyl adjacent to an activating group) is 1. The fourth-order valence-corrected chi connectivity index (χ4v) is 2.66. The van der Waals surface area contributed by atoms with Gasteiger partial charge in [0.1, 0.15) is 5.82 Å². The van der Waals surface area contributed by atoms with Crippen molar-refractivity contribution >= 4 is 15.9 Å². The zero-order chi connectivity index (χ0) is 14.0. The lowest BCUT2D eigenvalue weighted by Crippen LogP contribution is -2.19. The third-order valence-electron chi connectivity index (χ3n) is 3.21. The van der Waals surface area contributed by atoms with Crippen molar-refractivity contribution in [1.82, 2.24) is 15.1 Å². The minimum absolute atomic E-state index is 0.117. The van der Waals surface area contributed by atoms with Crippen molar-refractivity contribution in [3.05, 3.63) is 51.5 Å². The number of hydrogen-bond donors (Lipinski definition) is 1. The van der Waals surface area contributed by atoms with Crippen LogP contribution in [0.25, 0.3) is 0 Å². The molecule has 1 heterocycles. The lowest BCUT2D eigenvalue weighted by atomic mass is 9.99. The van der Waals surface area contributed by atoms with Crippen molar-refractivity contribution in [3.8, 4) is 0 Å². The lowest BCUT2D eigenvalue weighted by molar-refractivity contribution is 0.580. The molecular weight excluding hydrogens is 309 g/mol. The van der Waals surface area contributed by atoms with Gasteiger partial charge >= 0.3 is 0 Å². The van der Waals surface area contributed by atoms with Crippen LogP contribution in [0.4, 0.5) is 4.39 Å². The molecule has 0 amide bonds. The van der Waals surface area contributed by atoms with E-state index in [2.05, 4.69) is 26.3 Å². The van der Waals surface area contributed by atoms with E-state index in [9.17, 15) is 4.39 Å². The minimum Gasteiger partial charge on any atom is -0.313 e. The van der Waals surface area contributed by atoms with Gasteiger partial charge in [-0.2, -0.15) is 5.10 Å². The first-order chi connectivity index (χ1) is 9.01. The van der Waals surface area contributed by atoms with E-state index in [0.29, 0.717) is 6.42 Å². The largest absolute Gasteiger partial charge is 0.313 e. The fraction of sp³-hybridized carbons (Fsp3) is 0.357. The molecule has 1 atom stereocenters. The summed E-state index contributed by atoms with van der Waals surface area (Å²) in [5, 5.41) is 7.62. The average Bonchev–Trinajstić information content (AvgIpc) is 2.69. The van der Waals surface area contributed by atoms with Gasteiger partial charge in [-0.15, -0.1) is 0 Å². The Bertz CT molecular complexity index is 580. The summed E-state index contributed by atoms with van der Waals surface area (Å²) in [7, 11) is 3.81. The number of halogens is 2. The van der Waals surface area contributed by atoms with Crippen LogP contribution in [-0.4, -0.2) is 16.8 Å². The van der Waals surface area contributed by atoms with Crippen molar-refractivity contribution in [2.45, 2.75) is 19.4 Å². The Morgan fingerprint density at radius 1 is 1.47 bits per heavy atom. The number of hydrogen-bond acceptors (Lipinski definition) is 2. The normalized spacial score (nSPS) is 12.7. The number of nitrogens with zero attached hydrogens (tertiary/aromatic N) is 2. The Morgan fingerprint density at radius 2 is 2.21 bits per heavy atom. The SMILES string of the molecule is CNC(Cc1cc(F)ccc1Br)c1cn(C)nc1C. The molecule has 5 heteroatoms. The Balaban J connectivity index is 2.29. The van der Waals surface area contributed by atoms with Gasteiger partial charge in [0, 0.05) is 29.3 Å². The molecule has 2 rings (SSSR count). The highest BCUT2D eigenvalue weighted by Gasteiger charge is 2.16. The summed E-state index contributed by atoms with van der Waals surface area (Å²) in [5.41, 5.74) is 3.08. The van der Waals surface area contributed by atoms with Crippen LogP contribution >= 0.6 is 15.9 Å². The maximum Gasteiger partial charge on any atom is 0.123 e. The molecule has 0 saturated heterocycles. The average molecular weight is 326 g/mol. The Hall–Kier alpha value is -1.20. The van der Waals surface area contributed by atoms with E-state index in [-0.39, 0.29) is 11.9 Å². The van der Waals surface area contributed by atoms with E-state index in [1.165, 1.54) is 6.07 Å². The zero-order valence-electron chi connectivity index (χ0n) is 11.2. The van der Waals surface area contributed by atoms with Crippen LogP contribution < -0.4 is 5.32 Å². The molecule has 0 radical (unpaired) electrons. The van der Waals surface area contributed by atoms with Crippen molar-refractivity contribution in [2.75, 3.05) is 7.05 Å². The van der Waals surface area contributed by atoms with Gasteiger partial charge in [-0.25, -0.2) is 4.39 Å². The standard InChI is InChI=1S/C14H17BrFN3/c1-9-12(8-19(3)18-9)14(17-2)7-10-6-11(16)4-5-13(10)15/h4-6,8,14,17H,7H2,1-3H3. The van der Waals surface area contributed by atoms with Gasteiger partial charge in [-0.1, -0.05) is 15.9 Å². The monoisotopic (exact) mass is 325 g/mol.